The van der Waals surface area contributed by atoms with Crippen LogP contribution >= 0.6 is 0 Å². The maximum Gasteiger partial charge on any atom is 0.255 e. The minimum atomic E-state index is -0.971. The highest BCUT2D eigenvalue weighted by atomic mass is 16.5. The first-order valence-corrected chi connectivity index (χ1v) is 13.0. The first-order valence-electron chi connectivity index (χ1n) is 13.0. The van der Waals surface area contributed by atoms with Crippen LogP contribution in [0.5, 0.6) is 11.5 Å². The molecule has 2 fully saturated rings. The Labute approximate surface area is 215 Å². The van der Waals surface area contributed by atoms with Gasteiger partial charge in [-0.05, 0) is 54.2 Å². The van der Waals surface area contributed by atoms with Gasteiger partial charge >= 0.3 is 0 Å². The van der Waals surface area contributed by atoms with Crippen molar-refractivity contribution >= 4 is 17.7 Å². The Morgan fingerprint density at radius 2 is 1.78 bits per heavy atom. The molecule has 4 aliphatic heterocycles. The van der Waals surface area contributed by atoms with Crippen molar-refractivity contribution in [1.29, 1.82) is 0 Å². The van der Waals surface area contributed by atoms with Crippen LogP contribution in [0.3, 0.4) is 0 Å². The minimum absolute atomic E-state index is 0.201. The van der Waals surface area contributed by atoms with Crippen molar-refractivity contribution in [3.8, 4) is 11.5 Å². The van der Waals surface area contributed by atoms with Crippen molar-refractivity contribution < 1.29 is 29.0 Å². The van der Waals surface area contributed by atoms with Gasteiger partial charge < -0.3 is 19.5 Å². The summed E-state index contributed by atoms with van der Waals surface area (Å²) >= 11 is 0. The number of hydrogen-bond donors (Lipinski definition) is 2. The molecule has 0 saturated carbocycles. The summed E-state index contributed by atoms with van der Waals surface area (Å²) in [6, 6.07) is 11.0. The molecule has 0 aliphatic carbocycles. The number of carbonyl (C=O) groups excluding carboxylic acids is 3. The van der Waals surface area contributed by atoms with Crippen LogP contribution in [0.1, 0.15) is 59.2 Å². The van der Waals surface area contributed by atoms with Gasteiger partial charge in [0.15, 0.2) is 11.5 Å². The summed E-state index contributed by atoms with van der Waals surface area (Å²) in [5, 5.41) is 13.9. The lowest BCUT2D eigenvalue weighted by molar-refractivity contribution is -0.136. The fourth-order valence-corrected chi connectivity index (χ4v) is 5.80. The van der Waals surface area contributed by atoms with Gasteiger partial charge in [-0.25, -0.2) is 0 Å². The molecule has 9 heteroatoms. The number of ether oxygens (including phenoxy) is 2. The number of likely N-dealkylation sites (tertiary alicyclic amines) is 1. The minimum Gasteiger partial charge on any atom is -0.490 e. The molecule has 0 aromatic heterocycles. The molecule has 0 spiro atoms. The topological polar surface area (TPSA) is 108 Å². The van der Waals surface area contributed by atoms with Crippen molar-refractivity contribution in [3.05, 3.63) is 58.7 Å². The van der Waals surface area contributed by atoms with E-state index in [2.05, 4.69) is 16.3 Å². The quantitative estimate of drug-likeness (QED) is 0.613. The van der Waals surface area contributed by atoms with E-state index in [0.717, 1.165) is 54.2 Å². The number of aliphatic hydroxyl groups is 1. The molecule has 2 N–H and O–H groups in total. The average molecular weight is 506 g/mol. The lowest BCUT2D eigenvalue weighted by Gasteiger charge is -2.38. The van der Waals surface area contributed by atoms with E-state index in [0.29, 0.717) is 44.6 Å². The Morgan fingerprint density at radius 1 is 1.00 bits per heavy atom. The van der Waals surface area contributed by atoms with Crippen molar-refractivity contribution in [2.24, 2.45) is 0 Å². The van der Waals surface area contributed by atoms with E-state index >= 15 is 0 Å². The number of nitrogens with one attached hydrogen (secondary N) is 1. The van der Waals surface area contributed by atoms with Crippen LogP contribution in [0.4, 0.5) is 0 Å². The zero-order valence-electron chi connectivity index (χ0n) is 20.7. The second-order valence-corrected chi connectivity index (χ2v) is 10.4. The van der Waals surface area contributed by atoms with E-state index in [-0.39, 0.29) is 18.2 Å². The van der Waals surface area contributed by atoms with Gasteiger partial charge in [0.05, 0.1) is 18.8 Å². The number of imide groups is 1. The number of carbonyl (C=O) groups is 3. The summed E-state index contributed by atoms with van der Waals surface area (Å²) in [7, 11) is 0. The van der Waals surface area contributed by atoms with Crippen molar-refractivity contribution in [2.45, 2.75) is 56.8 Å². The zero-order valence-corrected chi connectivity index (χ0v) is 20.7. The van der Waals surface area contributed by atoms with E-state index in [4.69, 9.17) is 9.47 Å². The number of fused-ring (bicyclic) bond motifs is 2. The van der Waals surface area contributed by atoms with Gasteiger partial charge in [-0.1, -0.05) is 18.2 Å². The highest BCUT2D eigenvalue weighted by Crippen LogP contribution is 2.37. The van der Waals surface area contributed by atoms with Crippen LogP contribution in [0.15, 0.2) is 36.4 Å². The van der Waals surface area contributed by atoms with Gasteiger partial charge in [0, 0.05) is 44.6 Å². The second kappa shape index (κ2) is 9.46. The molecular formula is C28H31N3O6. The molecule has 0 bridgehead atoms. The van der Waals surface area contributed by atoms with E-state index in [1.54, 1.807) is 6.07 Å². The molecule has 4 aliphatic rings. The predicted molar refractivity (Wildman–Crippen MR) is 133 cm³/mol. The predicted octanol–water partition coefficient (Wildman–Crippen LogP) is 2.09. The van der Waals surface area contributed by atoms with E-state index in [9.17, 15) is 19.5 Å². The largest absolute Gasteiger partial charge is 0.490 e. The average Bonchev–Trinajstić information content (AvgIpc) is 3.05. The molecule has 37 heavy (non-hydrogen) atoms. The van der Waals surface area contributed by atoms with E-state index in [1.165, 1.54) is 4.90 Å². The van der Waals surface area contributed by atoms with Crippen LogP contribution in [-0.4, -0.2) is 65.0 Å². The van der Waals surface area contributed by atoms with Gasteiger partial charge in [0.1, 0.15) is 6.04 Å². The van der Waals surface area contributed by atoms with E-state index in [1.807, 2.05) is 24.3 Å². The highest BCUT2D eigenvalue weighted by molar-refractivity contribution is 6.05. The molecule has 194 valence electrons. The molecule has 1 atom stereocenters. The number of rotatable bonds is 4. The number of piperidine rings is 2. The van der Waals surface area contributed by atoms with Crippen molar-refractivity contribution in [2.75, 3.05) is 26.3 Å². The van der Waals surface area contributed by atoms with Crippen LogP contribution in [0.2, 0.25) is 0 Å². The van der Waals surface area contributed by atoms with Crippen molar-refractivity contribution in [3.63, 3.8) is 0 Å². The molecule has 2 aromatic rings. The summed E-state index contributed by atoms with van der Waals surface area (Å²) in [4.78, 5) is 40.7. The number of amides is 3. The standard InChI is InChI=1S/C28H31N3O6/c32-25-7-5-22(26(33)29-25)31-17-19-15-20(3-4-21(19)27(31)34)28(35)8-10-30(11-9-28)16-18-2-6-23-24(14-18)37-13-1-12-36-23/h2-4,6,14-15,22,35H,1,5,7-13,16-17H2,(H,29,32,33). The van der Waals surface area contributed by atoms with Crippen molar-refractivity contribution in [1.82, 2.24) is 15.1 Å². The maximum atomic E-state index is 13.0. The third kappa shape index (κ3) is 4.57. The first-order chi connectivity index (χ1) is 17.9. The highest BCUT2D eigenvalue weighted by Gasteiger charge is 2.40. The molecule has 6 rings (SSSR count). The van der Waals surface area contributed by atoms with Crippen LogP contribution in [-0.2, 0) is 28.3 Å². The Hall–Kier alpha value is -3.43. The Balaban J connectivity index is 1.11. The summed E-state index contributed by atoms with van der Waals surface area (Å²) in [5.41, 5.74) is 2.36. The Kier molecular flexibility index (Phi) is 6.12. The first kappa shape index (κ1) is 23.9. The molecule has 1 unspecified atom stereocenters. The van der Waals surface area contributed by atoms with Gasteiger partial charge in [0.25, 0.3) is 5.91 Å². The SMILES string of the molecule is O=C1CCC(N2Cc3cc(C4(O)CCN(Cc5ccc6c(c5)OCCCO6)CC4)ccc3C2=O)C(=O)N1. The smallest absolute Gasteiger partial charge is 0.255 e. The lowest BCUT2D eigenvalue weighted by Crippen LogP contribution is -2.52. The summed E-state index contributed by atoms with van der Waals surface area (Å²) in [6.07, 6.45) is 2.60. The Bertz CT molecular complexity index is 1250. The number of nitrogens with zero attached hydrogens (tertiary/aromatic N) is 2. The normalized spacial score (nSPS) is 23.4. The van der Waals surface area contributed by atoms with Crippen LogP contribution in [0, 0.1) is 0 Å². The van der Waals surface area contributed by atoms with Gasteiger partial charge in [-0.3, -0.25) is 24.6 Å². The molecule has 0 radical (unpaired) electrons. The fourth-order valence-electron chi connectivity index (χ4n) is 5.80. The molecule has 3 amide bonds. The maximum absolute atomic E-state index is 13.0. The molecule has 4 heterocycles. The summed E-state index contributed by atoms with van der Waals surface area (Å²) in [5.74, 6) is 0.666. The molecular weight excluding hydrogens is 474 g/mol. The monoisotopic (exact) mass is 505 g/mol. The third-order valence-electron chi connectivity index (χ3n) is 7.96. The molecule has 2 aromatic carbocycles. The third-order valence-corrected chi connectivity index (χ3v) is 7.96. The second-order valence-electron chi connectivity index (χ2n) is 10.4. The van der Waals surface area contributed by atoms with E-state index < -0.39 is 17.6 Å². The Morgan fingerprint density at radius 3 is 2.57 bits per heavy atom. The van der Waals surface area contributed by atoms with Crippen LogP contribution in [0.25, 0.3) is 0 Å². The zero-order chi connectivity index (χ0) is 25.6. The number of benzene rings is 2. The van der Waals surface area contributed by atoms with Gasteiger partial charge in [-0.15, -0.1) is 0 Å². The molecule has 2 saturated heterocycles. The van der Waals surface area contributed by atoms with Gasteiger partial charge in [-0.2, -0.15) is 0 Å². The fraction of sp³-hybridized carbons (Fsp3) is 0.464. The lowest BCUT2D eigenvalue weighted by atomic mass is 9.83. The molecule has 9 nitrogen and oxygen atoms in total. The summed E-state index contributed by atoms with van der Waals surface area (Å²) in [6.45, 7) is 3.88. The summed E-state index contributed by atoms with van der Waals surface area (Å²) < 4.78 is 11.6. The van der Waals surface area contributed by atoms with Gasteiger partial charge in [0.2, 0.25) is 11.8 Å². The van der Waals surface area contributed by atoms with Crippen LogP contribution < -0.4 is 14.8 Å². The number of hydrogen-bond acceptors (Lipinski definition) is 7.